The molecule has 0 aliphatic heterocycles. The molecule has 0 aliphatic carbocycles. The summed E-state index contributed by atoms with van der Waals surface area (Å²) < 4.78 is 23.1. The molecule has 0 aromatic heterocycles. The van der Waals surface area contributed by atoms with Gasteiger partial charge in [0.2, 0.25) is 0 Å². The summed E-state index contributed by atoms with van der Waals surface area (Å²) in [6.45, 7) is 4.63. The molecule has 0 spiro atoms. The quantitative estimate of drug-likeness (QED) is 0.706. The molecule has 0 heterocycles. The second-order valence-corrected chi connectivity index (χ2v) is 8.34. The third-order valence-electron chi connectivity index (χ3n) is 3.23. The van der Waals surface area contributed by atoms with Crippen LogP contribution in [0, 0.1) is 5.92 Å². The first-order valence-corrected chi connectivity index (χ1v) is 9.90. The SMILES string of the molecule is CCC(CC)CNC(=O)c1cc(Cl)c(Br)c(S(=O)(=O)Cl)c1. The Labute approximate surface area is 142 Å². The third kappa shape index (κ3) is 5.13. The van der Waals surface area contributed by atoms with E-state index in [-0.39, 0.29) is 25.9 Å². The van der Waals surface area contributed by atoms with Gasteiger partial charge in [0.25, 0.3) is 15.0 Å². The molecule has 4 nitrogen and oxygen atoms in total. The molecular formula is C13H16BrCl2NO3S. The monoisotopic (exact) mass is 415 g/mol. The minimum absolute atomic E-state index is 0.115. The van der Waals surface area contributed by atoms with E-state index >= 15 is 0 Å². The number of amides is 1. The number of hydrogen-bond acceptors (Lipinski definition) is 3. The van der Waals surface area contributed by atoms with E-state index in [0.29, 0.717) is 12.5 Å². The highest BCUT2D eigenvalue weighted by Gasteiger charge is 2.20. The van der Waals surface area contributed by atoms with Gasteiger partial charge in [-0.1, -0.05) is 38.3 Å². The second-order valence-electron chi connectivity index (χ2n) is 4.60. The van der Waals surface area contributed by atoms with Gasteiger partial charge in [-0.2, -0.15) is 0 Å². The van der Waals surface area contributed by atoms with E-state index in [2.05, 4.69) is 35.1 Å². The fraction of sp³-hybridized carbons (Fsp3) is 0.462. The molecule has 0 bridgehead atoms. The lowest BCUT2D eigenvalue weighted by Gasteiger charge is -2.14. The van der Waals surface area contributed by atoms with Gasteiger partial charge in [0.05, 0.1) is 14.4 Å². The summed E-state index contributed by atoms with van der Waals surface area (Å²) in [5.74, 6) is 0.00830. The number of carbonyl (C=O) groups is 1. The second kappa shape index (κ2) is 7.81. The van der Waals surface area contributed by atoms with Crippen LogP contribution in [-0.4, -0.2) is 20.9 Å². The van der Waals surface area contributed by atoms with Crippen LogP contribution in [0.3, 0.4) is 0 Å². The number of nitrogens with one attached hydrogen (secondary N) is 1. The Kier molecular flexibility index (Phi) is 6.97. The fourth-order valence-corrected chi connectivity index (χ4v) is 4.17. The van der Waals surface area contributed by atoms with Gasteiger partial charge in [-0.25, -0.2) is 8.42 Å². The lowest BCUT2D eigenvalue weighted by Crippen LogP contribution is -2.29. The van der Waals surface area contributed by atoms with E-state index in [0.717, 1.165) is 12.8 Å². The Bertz CT molecular complexity index is 631. The van der Waals surface area contributed by atoms with Crippen molar-refractivity contribution in [3.8, 4) is 0 Å². The van der Waals surface area contributed by atoms with Crippen LogP contribution in [0.4, 0.5) is 0 Å². The maximum atomic E-state index is 12.1. The molecular weight excluding hydrogens is 401 g/mol. The van der Waals surface area contributed by atoms with Crippen LogP contribution in [0.5, 0.6) is 0 Å². The molecule has 1 aromatic rings. The molecule has 0 atom stereocenters. The van der Waals surface area contributed by atoms with Crippen molar-refractivity contribution in [2.45, 2.75) is 31.6 Å². The smallest absolute Gasteiger partial charge is 0.262 e. The Hall–Kier alpha value is -0.300. The summed E-state index contributed by atoms with van der Waals surface area (Å²) in [4.78, 5) is 11.9. The lowest BCUT2D eigenvalue weighted by atomic mass is 10.0. The van der Waals surface area contributed by atoms with E-state index < -0.39 is 9.05 Å². The first-order chi connectivity index (χ1) is 9.70. The molecule has 0 saturated heterocycles. The Morgan fingerprint density at radius 2 is 1.90 bits per heavy atom. The predicted molar refractivity (Wildman–Crippen MR) is 88.6 cm³/mol. The number of rotatable bonds is 6. The standard InChI is InChI=1S/C13H16BrCl2NO3S/c1-3-8(4-2)7-17-13(18)9-5-10(15)12(14)11(6-9)21(16,19)20/h5-6,8H,3-4,7H2,1-2H3,(H,17,18). The van der Waals surface area contributed by atoms with Gasteiger partial charge in [0, 0.05) is 22.8 Å². The van der Waals surface area contributed by atoms with Crippen LogP contribution in [0.25, 0.3) is 0 Å². The van der Waals surface area contributed by atoms with Gasteiger partial charge in [-0.3, -0.25) is 4.79 Å². The minimum Gasteiger partial charge on any atom is -0.352 e. The molecule has 1 N–H and O–H groups in total. The molecule has 0 radical (unpaired) electrons. The third-order valence-corrected chi connectivity index (χ3v) is 6.21. The summed E-state index contributed by atoms with van der Waals surface area (Å²) >= 11 is 8.99. The molecule has 0 aliphatic rings. The maximum Gasteiger partial charge on any atom is 0.262 e. The summed E-state index contributed by atoms with van der Waals surface area (Å²) in [6, 6.07) is 2.61. The topological polar surface area (TPSA) is 63.2 Å². The van der Waals surface area contributed by atoms with E-state index in [1.807, 2.05) is 0 Å². The molecule has 1 aromatic carbocycles. The maximum absolute atomic E-state index is 12.1. The molecule has 21 heavy (non-hydrogen) atoms. The van der Waals surface area contributed by atoms with Crippen molar-refractivity contribution in [2.24, 2.45) is 5.92 Å². The minimum atomic E-state index is -3.99. The molecule has 1 amide bonds. The Balaban J connectivity index is 3.04. The highest BCUT2D eigenvalue weighted by molar-refractivity contribution is 9.10. The average molecular weight is 417 g/mol. The van der Waals surface area contributed by atoms with E-state index in [4.69, 9.17) is 22.3 Å². The first-order valence-electron chi connectivity index (χ1n) is 6.42. The van der Waals surface area contributed by atoms with Crippen molar-refractivity contribution in [1.82, 2.24) is 5.32 Å². The van der Waals surface area contributed by atoms with Crippen LogP contribution in [0.1, 0.15) is 37.0 Å². The summed E-state index contributed by atoms with van der Waals surface area (Å²) in [7, 11) is 1.35. The van der Waals surface area contributed by atoms with Gasteiger partial charge in [0.15, 0.2) is 0 Å². The van der Waals surface area contributed by atoms with Crippen molar-refractivity contribution in [3.05, 3.63) is 27.2 Å². The van der Waals surface area contributed by atoms with E-state index in [9.17, 15) is 13.2 Å². The van der Waals surface area contributed by atoms with Crippen LogP contribution in [0.2, 0.25) is 5.02 Å². The fourth-order valence-electron chi connectivity index (χ4n) is 1.79. The predicted octanol–water partition coefficient (Wildman–Crippen LogP) is 4.20. The van der Waals surface area contributed by atoms with Crippen molar-refractivity contribution < 1.29 is 13.2 Å². The Morgan fingerprint density at radius 3 is 2.38 bits per heavy atom. The number of halogens is 3. The van der Waals surface area contributed by atoms with Crippen molar-refractivity contribution in [2.75, 3.05) is 6.54 Å². The molecule has 118 valence electrons. The molecule has 0 fully saturated rings. The van der Waals surface area contributed by atoms with Crippen LogP contribution >= 0.6 is 38.2 Å². The zero-order chi connectivity index (χ0) is 16.2. The molecule has 8 heteroatoms. The largest absolute Gasteiger partial charge is 0.352 e. The Morgan fingerprint density at radius 1 is 1.33 bits per heavy atom. The normalized spacial score (nSPS) is 11.7. The van der Waals surface area contributed by atoms with Gasteiger partial charge in [0.1, 0.15) is 0 Å². The van der Waals surface area contributed by atoms with Crippen LogP contribution in [-0.2, 0) is 9.05 Å². The lowest BCUT2D eigenvalue weighted by molar-refractivity contribution is 0.0946. The van der Waals surface area contributed by atoms with Crippen molar-refractivity contribution >= 4 is 53.2 Å². The first kappa shape index (κ1) is 18.7. The number of hydrogen-bond donors (Lipinski definition) is 1. The molecule has 1 rings (SSSR count). The zero-order valence-electron chi connectivity index (χ0n) is 11.6. The van der Waals surface area contributed by atoms with Crippen LogP contribution < -0.4 is 5.32 Å². The van der Waals surface area contributed by atoms with Gasteiger partial charge < -0.3 is 5.32 Å². The average Bonchev–Trinajstić information content (AvgIpc) is 2.41. The zero-order valence-corrected chi connectivity index (χ0v) is 15.5. The van der Waals surface area contributed by atoms with Crippen molar-refractivity contribution in [1.29, 1.82) is 0 Å². The number of benzene rings is 1. The summed E-state index contributed by atoms with van der Waals surface area (Å²) in [5.41, 5.74) is 0.161. The highest BCUT2D eigenvalue weighted by Crippen LogP contribution is 2.33. The van der Waals surface area contributed by atoms with Gasteiger partial charge >= 0.3 is 0 Å². The molecule has 0 unspecified atom stereocenters. The summed E-state index contributed by atoms with van der Waals surface area (Å²) in [6.07, 6.45) is 1.92. The van der Waals surface area contributed by atoms with Crippen molar-refractivity contribution in [3.63, 3.8) is 0 Å². The highest BCUT2D eigenvalue weighted by atomic mass is 79.9. The van der Waals surface area contributed by atoms with Gasteiger partial charge in [-0.15, -0.1) is 0 Å². The molecule has 0 saturated carbocycles. The van der Waals surface area contributed by atoms with Crippen LogP contribution in [0.15, 0.2) is 21.5 Å². The number of carbonyl (C=O) groups excluding carboxylic acids is 1. The van der Waals surface area contributed by atoms with E-state index in [1.54, 1.807) is 0 Å². The van der Waals surface area contributed by atoms with Gasteiger partial charge in [-0.05, 0) is 34.0 Å². The summed E-state index contributed by atoms with van der Waals surface area (Å²) in [5, 5.41) is 2.89. The van der Waals surface area contributed by atoms with E-state index in [1.165, 1.54) is 12.1 Å².